The van der Waals surface area contributed by atoms with Gasteiger partial charge in [0.1, 0.15) is 11.6 Å². The molecule has 2 rings (SSSR count). The molecule has 2 N–H and O–H groups in total. The molecule has 136 valence electrons. The minimum Gasteiger partial charge on any atom is -0.493 e. The quantitative estimate of drug-likeness (QED) is 0.810. The number of nitriles is 1. The Bertz CT molecular complexity index is 942. The first kappa shape index (κ1) is 19.1. The maximum atomic E-state index is 12.5. The fourth-order valence-electron chi connectivity index (χ4n) is 2.19. The number of pyridine rings is 1. The van der Waals surface area contributed by atoms with Crippen molar-refractivity contribution in [1.29, 1.82) is 5.26 Å². The van der Waals surface area contributed by atoms with E-state index >= 15 is 0 Å². The molecule has 0 fully saturated rings. The molecule has 0 unspecified atom stereocenters. The first-order chi connectivity index (χ1) is 12.2. The zero-order chi connectivity index (χ0) is 19.5. The second-order valence-corrected chi connectivity index (χ2v) is 5.21. The van der Waals surface area contributed by atoms with Gasteiger partial charge in [-0.15, -0.1) is 5.11 Å². The number of hydrogen-bond acceptors (Lipinski definition) is 6. The average Bonchev–Trinajstić information content (AvgIpc) is 2.58. The Balaban J connectivity index is 2.49. The van der Waals surface area contributed by atoms with Crippen molar-refractivity contribution in [2.75, 3.05) is 6.61 Å². The number of azo groups is 1. The molecule has 1 aromatic carbocycles. The number of aromatic nitrogens is 1. The van der Waals surface area contributed by atoms with Gasteiger partial charge in [-0.25, -0.2) is 0 Å². The highest BCUT2D eigenvalue weighted by Gasteiger charge is 2.29. The third-order valence-electron chi connectivity index (χ3n) is 3.55. The summed E-state index contributed by atoms with van der Waals surface area (Å²) in [6.07, 6.45) is -4.48. The van der Waals surface area contributed by atoms with Crippen LogP contribution in [0.5, 0.6) is 5.88 Å². The van der Waals surface area contributed by atoms with Crippen molar-refractivity contribution in [3.63, 3.8) is 0 Å². The van der Waals surface area contributed by atoms with Crippen LogP contribution in [0.4, 0.5) is 24.5 Å². The summed E-state index contributed by atoms with van der Waals surface area (Å²) in [6, 6.07) is 5.54. The third-order valence-corrected chi connectivity index (χ3v) is 3.55. The molecule has 0 amide bonds. The van der Waals surface area contributed by atoms with Gasteiger partial charge < -0.3 is 10.2 Å². The molecule has 0 bridgehead atoms. The number of rotatable bonds is 4. The topological polar surface area (TPSA) is 111 Å². The lowest BCUT2D eigenvalue weighted by molar-refractivity contribution is -0.137. The predicted molar refractivity (Wildman–Crippen MR) is 84.5 cm³/mol. The van der Waals surface area contributed by atoms with Crippen molar-refractivity contribution < 1.29 is 23.4 Å². The molecule has 0 spiro atoms. The lowest BCUT2D eigenvalue weighted by Crippen LogP contribution is -2.23. The molecule has 0 aliphatic heterocycles. The Labute approximate surface area is 145 Å². The van der Waals surface area contributed by atoms with Crippen LogP contribution in [-0.4, -0.2) is 21.4 Å². The molecule has 10 heteroatoms. The summed E-state index contributed by atoms with van der Waals surface area (Å²) in [5, 5.41) is 35.5. The first-order valence-electron chi connectivity index (χ1n) is 7.27. The molecule has 1 aromatic heterocycles. The standard InChI is InChI=1S/C16H13F3N4O3/c1-9-12(8-20)14(25)23(6-7-24)15(26)13(9)22-21-11-4-2-10(3-5-11)16(17,18)19/h2-5,24-25H,6-7H2,1H3. The van der Waals surface area contributed by atoms with Gasteiger partial charge in [-0.05, 0) is 31.2 Å². The highest BCUT2D eigenvalue weighted by Crippen LogP contribution is 2.31. The molecule has 0 aliphatic carbocycles. The van der Waals surface area contributed by atoms with E-state index in [0.717, 1.165) is 28.8 Å². The first-order valence-corrected chi connectivity index (χ1v) is 7.27. The maximum absolute atomic E-state index is 12.5. The smallest absolute Gasteiger partial charge is 0.416 e. The summed E-state index contributed by atoms with van der Waals surface area (Å²) in [7, 11) is 0. The van der Waals surface area contributed by atoms with Crippen LogP contribution >= 0.6 is 0 Å². The van der Waals surface area contributed by atoms with E-state index in [1.54, 1.807) is 6.07 Å². The predicted octanol–water partition coefficient (Wildman–Crippen LogP) is 3.16. The number of nitrogens with zero attached hydrogens (tertiary/aromatic N) is 4. The Kier molecular flexibility index (Phi) is 5.42. The number of aliphatic hydroxyl groups is 1. The summed E-state index contributed by atoms with van der Waals surface area (Å²) in [5.41, 5.74) is -1.97. The Hall–Kier alpha value is -3.19. The highest BCUT2D eigenvalue weighted by molar-refractivity contribution is 5.56. The Morgan fingerprint density at radius 1 is 1.23 bits per heavy atom. The fourth-order valence-corrected chi connectivity index (χ4v) is 2.19. The molecular formula is C16H13F3N4O3. The normalized spacial score (nSPS) is 11.7. The average molecular weight is 366 g/mol. The minimum atomic E-state index is -4.48. The van der Waals surface area contributed by atoms with Gasteiger partial charge in [0.05, 0.1) is 24.4 Å². The van der Waals surface area contributed by atoms with Gasteiger partial charge in [0, 0.05) is 5.56 Å². The van der Waals surface area contributed by atoms with Crippen LogP contribution in [0.3, 0.4) is 0 Å². The van der Waals surface area contributed by atoms with E-state index in [1.807, 2.05) is 0 Å². The molecule has 0 radical (unpaired) electrons. The van der Waals surface area contributed by atoms with Crippen LogP contribution in [0.1, 0.15) is 16.7 Å². The minimum absolute atomic E-state index is 0.0668. The molecule has 0 atom stereocenters. The lowest BCUT2D eigenvalue weighted by Gasteiger charge is -2.11. The van der Waals surface area contributed by atoms with Crippen LogP contribution < -0.4 is 5.56 Å². The van der Waals surface area contributed by atoms with E-state index < -0.39 is 29.8 Å². The van der Waals surface area contributed by atoms with Crippen molar-refractivity contribution in [2.24, 2.45) is 10.2 Å². The van der Waals surface area contributed by atoms with Crippen molar-refractivity contribution >= 4 is 11.4 Å². The van der Waals surface area contributed by atoms with Crippen molar-refractivity contribution in [3.05, 3.63) is 51.3 Å². The van der Waals surface area contributed by atoms with E-state index in [0.29, 0.717) is 0 Å². The molecule has 26 heavy (non-hydrogen) atoms. The molecule has 2 aromatic rings. The Morgan fingerprint density at radius 2 is 1.85 bits per heavy atom. The van der Waals surface area contributed by atoms with Crippen molar-refractivity contribution in [1.82, 2.24) is 4.57 Å². The van der Waals surface area contributed by atoms with Gasteiger partial charge in [-0.3, -0.25) is 9.36 Å². The number of hydrogen-bond donors (Lipinski definition) is 2. The van der Waals surface area contributed by atoms with E-state index in [2.05, 4.69) is 10.2 Å². The maximum Gasteiger partial charge on any atom is 0.416 e. The van der Waals surface area contributed by atoms with E-state index in [-0.39, 0.29) is 29.0 Å². The largest absolute Gasteiger partial charge is 0.493 e. The summed E-state index contributed by atoms with van der Waals surface area (Å²) < 4.78 is 38.4. The highest BCUT2D eigenvalue weighted by atomic mass is 19.4. The zero-order valence-corrected chi connectivity index (χ0v) is 13.4. The number of benzene rings is 1. The fraction of sp³-hybridized carbons (Fsp3) is 0.250. The second kappa shape index (κ2) is 7.37. The van der Waals surface area contributed by atoms with E-state index in [4.69, 9.17) is 10.4 Å². The van der Waals surface area contributed by atoms with Crippen LogP contribution in [0.15, 0.2) is 39.3 Å². The molecule has 0 saturated carbocycles. The van der Waals surface area contributed by atoms with Crippen molar-refractivity contribution in [2.45, 2.75) is 19.6 Å². The summed E-state index contributed by atoms with van der Waals surface area (Å²) in [5.74, 6) is -0.600. The van der Waals surface area contributed by atoms with Gasteiger partial charge >= 0.3 is 6.18 Å². The zero-order valence-electron chi connectivity index (χ0n) is 13.4. The number of halogens is 3. The van der Waals surface area contributed by atoms with Gasteiger partial charge in [-0.2, -0.15) is 23.5 Å². The van der Waals surface area contributed by atoms with Gasteiger partial charge in [-0.1, -0.05) is 0 Å². The number of alkyl halides is 3. The van der Waals surface area contributed by atoms with Crippen LogP contribution in [0.25, 0.3) is 0 Å². The van der Waals surface area contributed by atoms with Crippen LogP contribution in [0, 0.1) is 18.3 Å². The van der Waals surface area contributed by atoms with E-state index in [1.165, 1.54) is 6.92 Å². The number of aromatic hydroxyl groups is 1. The van der Waals surface area contributed by atoms with E-state index in [9.17, 15) is 23.1 Å². The summed E-state index contributed by atoms with van der Waals surface area (Å²) >= 11 is 0. The van der Waals surface area contributed by atoms with Gasteiger partial charge in [0.15, 0.2) is 5.69 Å². The third kappa shape index (κ3) is 3.73. The second-order valence-electron chi connectivity index (χ2n) is 5.21. The number of aliphatic hydroxyl groups excluding tert-OH is 1. The van der Waals surface area contributed by atoms with Crippen LogP contribution in [-0.2, 0) is 12.7 Å². The Morgan fingerprint density at radius 3 is 2.35 bits per heavy atom. The summed E-state index contributed by atoms with van der Waals surface area (Å²) in [6.45, 7) is 0.656. The van der Waals surface area contributed by atoms with Gasteiger partial charge in [0.2, 0.25) is 5.88 Å². The molecule has 7 nitrogen and oxygen atoms in total. The lowest BCUT2D eigenvalue weighted by atomic mass is 10.1. The summed E-state index contributed by atoms with van der Waals surface area (Å²) in [4.78, 5) is 12.4. The monoisotopic (exact) mass is 366 g/mol. The van der Waals surface area contributed by atoms with Gasteiger partial charge in [0.25, 0.3) is 5.56 Å². The molecule has 1 heterocycles. The molecular weight excluding hydrogens is 353 g/mol. The SMILES string of the molecule is Cc1c(C#N)c(O)n(CCO)c(=O)c1N=Nc1ccc(C(F)(F)F)cc1. The van der Waals surface area contributed by atoms with Crippen LogP contribution in [0.2, 0.25) is 0 Å². The molecule has 0 saturated heterocycles. The molecule has 0 aliphatic rings. The van der Waals surface area contributed by atoms with Crippen molar-refractivity contribution in [3.8, 4) is 11.9 Å².